The summed E-state index contributed by atoms with van der Waals surface area (Å²) in [4.78, 5) is 8.90. The number of hydrogen-bond acceptors (Lipinski definition) is 6. The smallest absolute Gasteiger partial charge is 0.115 e. The molecule has 0 aromatic heterocycles. The molecule has 0 unspecified atom stereocenters. The quantitative estimate of drug-likeness (QED) is 0.401. The van der Waals surface area contributed by atoms with Gasteiger partial charge in [-0.1, -0.05) is 23.8 Å². The molecule has 0 saturated heterocycles. The first kappa shape index (κ1) is 14.8. The van der Waals surface area contributed by atoms with Gasteiger partial charge >= 0.3 is 0 Å². The molecule has 0 amide bonds. The average molecular weight is 231 g/mol. The van der Waals surface area contributed by atoms with Crippen molar-refractivity contribution in [2.45, 2.75) is 0 Å². The van der Waals surface area contributed by atoms with Crippen molar-refractivity contribution >= 4 is 0 Å². The van der Waals surface area contributed by atoms with E-state index in [-0.39, 0.29) is 26.4 Å². The summed E-state index contributed by atoms with van der Waals surface area (Å²) in [6, 6.07) is 8.71. The van der Waals surface area contributed by atoms with Crippen molar-refractivity contribution in [3.63, 3.8) is 0 Å². The highest BCUT2D eigenvalue weighted by atomic mass is 16.9. The molecular formula is C10H17NO5. The van der Waals surface area contributed by atoms with E-state index < -0.39 is 0 Å². The summed E-state index contributed by atoms with van der Waals surface area (Å²) in [5.74, 6) is 0.322. The second-order valence-electron chi connectivity index (χ2n) is 2.56. The van der Waals surface area contributed by atoms with Crippen LogP contribution in [0, 0.1) is 0 Å². The normalized spacial score (nSPS) is 9.38. The van der Waals surface area contributed by atoms with Crippen molar-refractivity contribution < 1.29 is 25.0 Å². The van der Waals surface area contributed by atoms with Crippen molar-refractivity contribution in [3.05, 3.63) is 30.3 Å². The number of aliphatic hydroxyl groups excluding tert-OH is 2. The van der Waals surface area contributed by atoms with E-state index in [9.17, 15) is 0 Å². The van der Waals surface area contributed by atoms with Crippen molar-refractivity contribution in [3.8, 4) is 5.75 Å². The molecule has 0 fully saturated rings. The number of rotatable bonds is 6. The monoisotopic (exact) mass is 231 g/mol. The number of hydrogen-bond donors (Lipinski definition) is 4. The Morgan fingerprint density at radius 2 is 1.44 bits per heavy atom. The maximum atomic E-state index is 8.63. The lowest BCUT2D eigenvalue weighted by Gasteiger charge is -2.01. The molecule has 1 aromatic carbocycles. The maximum absolute atomic E-state index is 8.63. The molecule has 1 aromatic rings. The van der Waals surface area contributed by atoms with Gasteiger partial charge in [0.1, 0.15) is 5.75 Å². The summed E-state index contributed by atoms with van der Waals surface area (Å²) >= 11 is 0. The average Bonchev–Trinajstić information content (AvgIpc) is 2.31. The van der Waals surface area contributed by atoms with E-state index in [1.165, 1.54) is 0 Å². The first-order valence-corrected chi connectivity index (χ1v) is 4.75. The number of nitrogens with one attached hydrogen (secondary N) is 1. The fraction of sp³-hybridized carbons (Fsp3) is 0.400. The molecule has 0 atom stereocenters. The van der Waals surface area contributed by atoms with Gasteiger partial charge in [-0.15, -0.1) is 0 Å². The molecule has 0 bridgehead atoms. The van der Waals surface area contributed by atoms with Crippen LogP contribution in [0.15, 0.2) is 30.3 Å². The van der Waals surface area contributed by atoms with Crippen molar-refractivity contribution in [2.24, 2.45) is 0 Å². The highest BCUT2D eigenvalue weighted by Crippen LogP contribution is 2.02. The number of para-hydroxylation sites is 1. The second-order valence-corrected chi connectivity index (χ2v) is 2.56. The molecule has 0 spiro atoms. The molecule has 0 aliphatic heterocycles. The Balaban J connectivity index is 0.000000288. The van der Waals surface area contributed by atoms with Crippen LogP contribution >= 0.6 is 0 Å². The van der Waals surface area contributed by atoms with E-state index in [4.69, 9.17) is 15.3 Å². The number of phenols is 1. The fourth-order valence-corrected chi connectivity index (χ4v) is 0.644. The van der Waals surface area contributed by atoms with Crippen molar-refractivity contribution in [1.29, 1.82) is 0 Å². The highest BCUT2D eigenvalue weighted by molar-refractivity contribution is 5.18. The number of aromatic hydroxyl groups is 1. The Hall–Kier alpha value is -1.18. The third kappa shape index (κ3) is 10.9. The lowest BCUT2D eigenvalue weighted by molar-refractivity contribution is -0.178. The van der Waals surface area contributed by atoms with Crippen LogP contribution in [0.1, 0.15) is 0 Å². The van der Waals surface area contributed by atoms with Crippen molar-refractivity contribution in [2.75, 3.05) is 26.4 Å². The van der Waals surface area contributed by atoms with Crippen LogP contribution in [0.3, 0.4) is 0 Å². The number of phenolic OH excluding ortho intramolecular Hbond substituents is 1. The summed E-state index contributed by atoms with van der Waals surface area (Å²) in [6.45, 7) is 0.224. The van der Waals surface area contributed by atoms with Crippen LogP contribution in [0.5, 0.6) is 5.75 Å². The van der Waals surface area contributed by atoms with E-state index >= 15 is 0 Å². The summed E-state index contributed by atoms with van der Waals surface area (Å²) in [5, 5.41) is 24.9. The zero-order valence-electron chi connectivity index (χ0n) is 8.87. The largest absolute Gasteiger partial charge is 0.508 e. The van der Waals surface area contributed by atoms with Crippen LogP contribution in [-0.2, 0) is 9.68 Å². The van der Waals surface area contributed by atoms with E-state index in [1.54, 1.807) is 24.3 Å². The second kappa shape index (κ2) is 11.9. The van der Waals surface area contributed by atoms with Crippen LogP contribution in [0.4, 0.5) is 0 Å². The first-order valence-electron chi connectivity index (χ1n) is 4.75. The predicted molar refractivity (Wildman–Crippen MR) is 57.3 cm³/mol. The Kier molecular flexibility index (Phi) is 11.0. The summed E-state index contributed by atoms with van der Waals surface area (Å²) < 4.78 is 0. The molecule has 4 N–H and O–H groups in total. The van der Waals surface area contributed by atoms with Gasteiger partial charge in [-0.2, -0.15) is 0 Å². The molecule has 92 valence electrons. The molecule has 1 rings (SSSR count). The molecular weight excluding hydrogens is 214 g/mol. The topological polar surface area (TPSA) is 91.2 Å². The number of benzene rings is 1. The van der Waals surface area contributed by atoms with Gasteiger partial charge in [-0.25, -0.2) is 0 Å². The Bertz CT molecular complexity index is 226. The Morgan fingerprint density at radius 1 is 0.938 bits per heavy atom. The molecule has 6 nitrogen and oxygen atoms in total. The van der Waals surface area contributed by atoms with Gasteiger partial charge in [0.05, 0.1) is 26.4 Å². The molecule has 16 heavy (non-hydrogen) atoms. The van der Waals surface area contributed by atoms with Gasteiger partial charge in [0.25, 0.3) is 0 Å². The Morgan fingerprint density at radius 3 is 1.75 bits per heavy atom. The molecule has 0 radical (unpaired) electrons. The van der Waals surface area contributed by atoms with Gasteiger partial charge in [0.15, 0.2) is 0 Å². The third-order valence-electron chi connectivity index (χ3n) is 1.26. The van der Waals surface area contributed by atoms with Gasteiger partial charge in [-0.3, -0.25) is 9.68 Å². The van der Waals surface area contributed by atoms with Crippen LogP contribution < -0.4 is 5.64 Å². The standard InChI is InChI=1S/C6H6O.C4H11NO4/c7-6-4-2-1-3-5-6;6-1-3-8-5-9-4-2-7/h1-5,7H;5-7H,1-4H2. The van der Waals surface area contributed by atoms with Crippen molar-refractivity contribution in [1.82, 2.24) is 5.64 Å². The van der Waals surface area contributed by atoms with Gasteiger partial charge < -0.3 is 15.3 Å². The van der Waals surface area contributed by atoms with Gasteiger partial charge in [0.2, 0.25) is 0 Å². The lowest BCUT2D eigenvalue weighted by Crippen LogP contribution is -2.19. The molecule has 6 heteroatoms. The van der Waals surface area contributed by atoms with Gasteiger partial charge in [0, 0.05) is 0 Å². The third-order valence-corrected chi connectivity index (χ3v) is 1.26. The van der Waals surface area contributed by atoms with Gasteiger partial charge in [-0.05, 0) is 12.1 Å². The molecule has 0 aliphatic carbocycles. The predicted octanol–water partition coefficient (Wildman–Crippen LogP) is -0.184. The minimum Gasteiger partial charge on any atom is -0.508 e. The molecule has 0 heterocycles. The molecule has 0 saturated carbocycles. The minimum atomic E-state index is -0.0600. The summed E-state index contributed by atoms with van der Waals surface area (Å²) in [7, 11) is 0. The summed E-state index contributed by atoms with van der Waals surface area (Å²) in [5.41, 5.74) is 2.07. The van der Waals surface area contributed by atoms with E-state index in [0.717, 1.165) is 0 Å². The lowest BCUT2D eigenvalue weighted by atomic mass is 10.3. The SMILES string of the molecule is OCCONOCCO.Oc1ccccc1. The van der Waals surface area contributed by atoms with Crippen LogP contribution in [0.2, 0.25) is 0 Å². The number of aliphatic hydroxyl groups is 2. The van der Waals surface area contributed by atoms with Crippen LogP contribution in [-0.4, -0.2) is 41.7 Å². The summed E-state index contributed by atoms with van der Waals surface area (Å²) in [6.07, 6.45) is 0. The molecule has 0 aliphatic rings. The fourth-order valence-electron chi connectivity index (χ4n) is 0.644. The zero-order valence-corrected chi connectivity index (χ0v) is 8.87. The van der Waals surface area contributed by atoms with E-state index in [1.807, 2.05) is 6.07 Å². The maximum Gasteiger partial charge on any atom is 0.115 e. The zero-order chi connectivity index (χ0) is 12.1. The highest BCUT2D eigenvalue weighted by Gasteiger charge is 1.83. The Labute approximate surface area is 94.0 Å². The van der Waals surface area contributed by atoms with E-state index in [2.05, 4.69) is 15.3 Å². The van der Waals surface area contributed by atoms with E-state index in [0.29, 0.717) is 5.75 Å². The first-order chi connectivity index (χ1) is 7.81. The minimum absolute atomic E-state index is 0.0600. The van der Waals surface area contributed by atoms with Crippen LogP contribution in [0.25, 0.3) is 0 Å².